The fourth-order valence-electron chi connectivity index (χ4n) is 3.81. The van der Waals surface area contributed by atoms with E-state index in [9.17, 15) is 0 Å². The highest BCUT2D eigenvalue weighted by atomic mass is 16.5. The van der Waals surface area contributed by atoms with E-state index in [1.807, 2.05) is 0 Å². The minimum absolute atomic E-state index is 0.810. The summed E-state index contributed by atoms with van der Waals surface area (Å²) in [7, 11) is 4.30. The first-order chi connectivity index (χ1) is 13.7. The normalized spacial score (nSPS) is 11.2. The summed E-state index contributed by atoms with van der Waals surface area (Å²) in [6, 6.07) is 15.2. The van der Waals surface area contributed by atoms with Crippen molar-refractivity contribution >= 4 is 0 Å². The molecule has 0 aliphatic heterocycles. The lowest BCUT2D eigenvalue weighted by Gasteiger charge is -2.17. The molecular formula is C26H39NO. The Morgan fingerprint density at radius 3 is 1.96 bits per heavy atom. The first-order valence-corrected chi connectivity index (χ1v) is 11.1. The summed E-state index contributed by atoms with van der Waals surface area (Å²) in [5.41, 5.74) is 5.45. The lowest BCUT2D eigenvalue weighted by atomic mass is 9.91. The number of nitrogens with zero attached hydrogens (tertiary/aromatic N) is 1. The largest absolute Gasteiger partial charge is 0.493 e. The molecule has 154 valence electrons. The third-order valence-corrected chi connectivity index (χ3v) is 5.41. The molecule has 0 fully saturated rings. The number of hydrogen-bond acceptors (Lipinski definition) is 2. The molecule has 0 aromatic heterocycles. The molecule has 2 heteroatoms. The van der Waals surface area contributed by atoms with Crippen LogP contribution < -0.4 is 4.74 Å². The summed E-state index contributed by atoms with van der Waals surface area (Å²) in [6.07, 6.45) is 9.80. The summed E-state index contributed by atoms with van der Waals surface area (Å²) in [6.45, 7) is 6.49. The van der Waals surface area contributed by atoms with Crippen LogP contribution in [0.5, 0.6) is 5.75 Å². The van der Waals surface area contributed by atoms with Gasteiger partial charge in [0.15, 0.2) is 0 Å². The quantitative estimate of drug-likeness (QED) is 0.355. The summed E-state index contributed by atoms with van der Waals surface area (Å²) >= 11 is 0. The Hall–Kier alpha value is -1.80. The third-order valence-electron chi connectivity index (χ3n) is 5.41. The third kappa shape index (κ3) is 6.98. The maximum Gasteiger partial charge on any atom is 0.127 e. The number of para-hydroxylation sites is 1. The lowest BCUT2D eigenvalue weighted by molar-refractivity contribution is 0.305. The molecule has 0 spiro atoms. The van der Waals surface area contributed by atoms with E-state index in [4.69, 9.17) is 4.74 Å². The molecule has 2 aromatic rings. The molecule has 0 aliphatic rings. The summed E-state index contributed by atoms with van der Waals surface area (Å²) in [5.74, 6) is 1.03. The van der Waals surface area contributed by atoms with Gasteiger partial charge in [-0.15, -0.1) is 0 Å². The second-order valence-corrected chi connectivity index (χ2v) is 7.93. The molecule has 0 saturated carbocycles. The maximum atomic E-state index is 6.24. The van der Waals surface area contributed by atoms with E-state index >= 15 is 0 Å². The van der Waals surface area contributed by atoms with Crippen molar-refractivity contribution in [2.45, 2.75) is 65.2 Å². The van der Waals surface area contributed by atoms with Gasteiger partial charge in [0, 0.05) is 5.56 Å². The zero-order chi connectivity index (χ0) is 20.2. The van der Waals surface area contributed by atoms with Gasteiger partial charge < -0.3 is 9.64 Å². The van der Waals surface area contributed by atoms with Crippen LogP contribution in [0.15, 0.2) is 42.5 Å². The molecule has 0 unspecified atom stereocenters. The van der Waals surface area contributed by atoms with E-state index in [0.717, 1.165) is 31.6 Å². The van der Waals surface area contributed by atoms with Crippen molar-refractivity contribution < 1.29 is 4.74 Å². The lowest BCUT2D eigenvalue weighted by Crippen LogP contribution is -2.12. The van der Waals surface area contributed by atoms with Gasteiger partial charge in [-0.1, -0.05) is 75.9 Å². The molecule has 0 saturated heterocycles. The smallest absolute Gasteiger partial charge is 0.127 e. The van der Waals surface area contributed by atoms with Crippen molar-refractivity contribution in [3.63, 3.8) is 0 Å². The van der Waals surface area contributed by atoms with Gasteiger partial charge in [-0.3, -0.25) is 0 Å². The van der Waals surface area contributed by atoms with E-state index in [0.29, 0.717) is 0 Å². The Morgan fingerprint density at radius 1 is 0.714 bits per heavy atom. The first kappa shape index (κ1) is 22.5. The molecule has 0 atom stereocenters. The highest BCUT2D eigenvalue weighted by molar-refractivity contribution is 5.76. The molecule has 0 radical (unpaired) electrons. The van der Waals surface area contributed by atoms with Gasteiger partial charge in [0.05, 0.1) is 6.61 Å². The minimum Gasteiger partial charge on any atom is -0.493 e. The van der Waals surface area contributed by atoms with E-state index in [-0.39, 0.29) is 0 Å². The Kier molecular flexibility index (Phi) is 10.1. The van der Waals surface area contributed by atoms with Gasteiger partial charge in [0.25, 0.3) is 0 Å². The van der Waals surface area contributed by atoms with Crippen molar-refractivity contribution in [2.75, 3.05) is 27.2 Å². The summed E-state index contributed by atoms with van der Waals surface area (Å²) in [4.78, 5) is 2.27. The maximum absolute atomic E-state index is 6.24. The second kappa shape index (κ2) is 12.6. The van der Waals surface area contributed by atoms with Crippen LogP contribution in [-0.2, 0) is 12.8 Å². The first-order valence-electron chi connectivity index (χ1n) is 11.1. The standard InChI is InChI=1S/C26H39NO/c1-5-22-16-15-17-23(6-2)26(22)24-18-11-12-19-25(24)28-21-14-10-8-7-9-13-20-27(3)4/h11-12,15-19H,5-10,13-14,20-21H2,1-4H3. The molecule has 2 aromatic carbocycles. The van der Waals surface area contributed by atoms with Gasteiger partial charge in [-0.25, -0.2) is 0 Å². The van der Waals surface area contributed by atoms with Crippen LogP contribution in [0.3, 0.4) is 0 Å². The van der Waals surface area contributed by atoms with Crippen molar-refractivity contribution in [3.05, 3.63) is 53.6 Å². The van der Waals surface area contributed by atoms with Crippen LogP contribution in [-0.4, -0.2) is 32.1 Å². The van der Waals surface area contributed by atoms with Gasteiger partial charge in [-0.05, 0) is 69.1 Å². The number of unbranched alkanes of at least 4 members (excludes halogenated alkanes) is 5. The monoisotopic (exact) mass is 381 g/mol. The van der Waals surface area contributed by atoms with E-state index in [1.165, 1.54) is 60.9 Å². The topological polar surface area (TPSA) is 12.5 Å². The van der Waals surface area contributed by atoms with Gasteiger partial charge in [-0.2, -0.15) is 0 Å². The Bertz CT molecular complexity index is 670. The fraction of sp³-hybridized carbons (Fsp3) is 0.538. The van der Waals surface area contributed by atoms with Crippen LogP contribution in [0.4, 0.5) is 0 Å². The van der Waals surface area contributed by atoms with Gasteiger partial charge >= 0.3 is 0 Å². The minimum atomic E-state index is 0.810. The number of rotatable bonds is 13. The van der Waals surface area contributed by atoms with E-state index in [2.05, 4.69) is 75.3 Å². The van der Waals surface area contributed by atoms with Gasteiger partial charge in [0.1, 0.15) is 5.75 Å². The number of benzene rings is 2. The SMILES string of the molecule is CCc1cccc(CC)c1-c1ccccc1OCCCCCCCCN(C)C. The van der Waals surface area contributed by atoms with Crippen LogP contribution in [0.25, 0.3) is 11.1 Å². The predicted molar refractivity (Wildman–Crippen MR) is 122 cm³/mol. The number of aryl methyl sites for hydroxylation is 2. The van der Waals surface area contributed by atoms with Crippen molar-refractivity contribution in [1.29, 1.82) is 0 Å². The number of hydrogen-bond donors (Lipinski definition) is 0. The highest BCUT2D eigenvalue weighted by Crippen LogP contribution is 2.35. The van der Waals surface area contributed by atoms with E-state index in [1.54, 1.807) is 0 Å². The molecule has 0 amide bonds. The molecule has 2 nitrogen and oxygen atoms in total. The number of ether oxygens (including phenoxy) is 1. The Balaban J connectivity index is 1.88. The highest BCUT2D eigenvalue weighted by Gasteiger charge is 2.13. The molecule has 28 heavy (non-hydrogen) atoms. The summed E-state index contributed by atoms with van der Waals surface area (Å²) < 4.78 is 6.24. The summed E-state index contributed by atoms with van der Waals surface area (Å²) in [5, 5.41) is 0. The molecule has 2 rings (SSSR count). The zero-order valence-corrected chi connectivity index (χ0v) is 18.5. The Labute approximate surface area is 172 Å². The molecular weight excluding hydrogens is 342 g/mol. The van der Waals surface area contributed by atoms with Crippen LogP contribution >= 0.6 is 0 Å². The van der Waals surface area contributed by atoms with Crippen molar-refractivity contribution in [2.24, 2.45) is 0 Å². The molecule has 0 N–H and O–H groups in total. The van der Waals surface area contributed by atoms with Crippen molar-refractivity contribution in [3.8, 4) is 16.9 Å². The van der Waals surface area contributed by atoms with Crippen molar-refractivity contribution in [1.82, 2.24) is 4.90 Å². The Morgan fingerprint density at radius 2 is 1.32 bits per heavy atom. The molecule has 0 bridgehead atoms. The van der Waals surface area contributed by atoms with Gasteiger partial charge in [0.2, 0.25) is 0 Å². The second-order valence-electron chi connectivity index (χ2n) is 7.93. The average molecular weight is 382 g/mol. The fourth-order valence-corrected chi connectivity index (χ4v) is 3.81. The molecule has 0 heterocycles. The van der Waals surface area contributed by atoms with Crippen LogP contribution in [0.2, 0.25) is 0 Å². The zero-order valence-electron chi connectivity index (χ0n) is 18.5. The van der Waals surface area contributed by atoms with E-state index < -0.39 is 0 Å². The molecule has 0 aliphatic carbocycles. The average Bonchev–Trinajstić information content (AvgIpc) is 2.72. The predicted octanol–water partition coefficient (Wildman–Crippen LogP) is 6.76. The van der Waals surface area contributed by atoms with Crippen LogP contribution in [0, 0.1) is 0 Å². The van der Waals surface area contributed by atoms with Crippen LogP contribution in [0.1, 0.15) is 63.5 Å².